The van der Waals surface area contributed by atoms with Gasteiger partial charge >= 0.3 is 0 Å². The van der Waals surface area contributed by atoms with Gasteiger partial charge in [0.15, 0.2) is 0 Å². The molecule has 12 heavy (non-hydrogen) atoms. The molecule has 1 heteroatoms. The maximum atomic E-state index is 5.80. The molecule has 0 aliphatic heterocycles. The van der Waals surface area contributed by atoms with E-state index in [2.05, 4.69) is 0 Å². The molecule has 2 bridgehead atoms. The molecule has 3 fully saturated rings. The Morgan fingerprint density at radius 1 is 1.08 bits per heavy atom. The van der Waals surface area contributed by atoms with Crippen molar-refractivity contribution < 1.29 is 0 Å². The van der Waals surface area contributed by atoms with Crippen LogP contribution < -0.4 is 5.73 Å². The Bertz CT molecular complexity index is 233. The van der Waals surface area contributed by atoms with Crippen LogP contribution in [0.25, 0.3) is 0 Å². The number of rotatable bonds is 0. The molecule has 2 N–H and O–H groups in total. The quantitative estimate of drug-likeness (QED) is 0.544. The molecule has 0 radical (unpaired) electrons. The average molecular weight is 163 g/mol. The van der Waals surface area contributed by atoms with Crippen LogP contribution in [0.15, 0.2) is 11.1 Å². The lowest BCUT2D eigenvalue weighted by Crippen LogP contribution is -2.31. The van der Waals surface area contributed by atoms with Crippen molar-refractivity contribution in [2.45, 2.75) is 44.6 Å². The molecular weight excluding hydrogens is 146 g/mol. The molecule has 0 aromatic carbocycles. The van der Waals surface area contributed by atoms with Gasteiger partial charge in [-0.1, -0.05) is 11.1 Å². The fraction of sp³-hybridized carbons (Fsp3) is 0.818. The molecular formula is C11H17N. The summed E-state index contributed by atoms with van der Waals surface area (Å²) >= 11 is 0. The van der Waals surface area contributed by atoms with Gasteiger partial charge < -0.3 is 5.73 Å². The van der Waals surface area contributed by atoms with Gasteiger partial charge in [0.05, 0.1) is 0 Å². The summed E-state index contributed by atoms with van der Waals surface area (Å²) in [6.07, 6.45) is 8.38. The Labute approximate surface area is 74.0 Å². The fourth-order valence-corrected chi connectivity index (χ4v) is 3.32. The van der Waals surface area contributed by atoms with Crippen LogP contribution in [0.2, 0.25) is 0 Å². The third-order valence-electron chi connectivity index (χ3n) is 4.01. The van der Waals surface area contributed by atoms with Gasteiger partial charge in [0, 0.05) is 6.04 Å². The molecule has 0 heterocycles. The fourth-order valence-electron chi connectivity index (χ4n) is 3.32. The second-order valence-electron chi connectivity index (χ2n) is 4.88. The molecule has 0 aromatic rings. The Hall–Kier alpha value is -0.300. The van der Waals surface area contributed by atoms with E-state index in [1.807, 2.05) is 5.57 Å². The second kappa shape index (κ2) is 2.35. The molecule has 0 aromatic heterocycles. The third-order valence-corrected chi connectivity index (χ3v) is 4.01. The molecule has 2 atom stereocenters. The minimum absolute atomic E-state index is 0.506. The van der Waals surface area contributed by atoms with E-state index in [0.29, 0.717) is 6.04 Å². The monoisotopic (exact) mass is 163 g/mol. The van der Waals surface area contributed by atoms with Crippen molar-refractivity contribution >= 4 is 0 Å². The van der Waals surface area contributed by atoms with Crippen molar-refractivity contribution in [3.05, 3.63) is 11.1 Å². The summed E-state index contributed by atoms with van der Waals surface area (Å²) in [6.45, 7) is 0. The Morgan fingerprint density at radius 3 is 2.42 bits per heavy atom. The number of hydrogen-bond donors (Lipinski definition) is 1. The zero-order valence-corrected chi connectivity index (χ0v) is 7.55. The number of hydrogen-bond acceptors (Lipinski definition) is 1. The summed E-state index contributed by atoms with van der Waals surface area (Å²) in [5.41, 5.74) is 9.39. The summed E-state index contributed by atoms with van der Waals surface area (Å²) in [5, 5.41) is 0. The lowest BCUT2D eigenvalue weighted by Gasteiger charge is -2.30. The molecule has 0 spiro atoms. The maximum Gasteiger partial charge on any atom is 0.0114 e. The van der Waals surface area contributed by atoms with Gasteiger partial charge in [-0.05, 0) is 50.4 Å². The molecule has 3 aliphatic carbocycles. The van der Waals surface area contributed by atoms with E-state index in [1.54, 1.807) is 5.57 Å². The van der Waals surface area contributed by atoms with E-state index in [-0.39, 0.29) is 0 Å². The first-order valence-electron chi connectivity index (χ1n) is 5.29. The Kier molecular flexibility index (Phi) is 1.40. The van der Waals surface area contributed by atoms with Crippen LogP contribution in [0, 0.1) is 11.8 Å². The lowest BCUT2D eigenvalue weighted by atomic mass is 9.78. The highest BCUT2D eigenvalue weighted by Gasteiger charge is 2.38. The van der Waals surface area contributed by atoms with Crippen LogP contribution in [0.3, 0.4) is 0 Å². The van der Waals surface area contributed by atoms with Gasteiger partial charge in [-0.2, -0.15) is 0 Å². The van der Waals surface area contributed by atoms with E-state index in [4.69, 9.17) is 5.73 Å². The minimum atomic E-state index is 0.506. The zero-order chi connectivity index (χ0) is 8.13. The second-order valence-corrected chi connectivity index (χ2v) is 4.88. The van der Waals surface area contributed by atoms with Crippen LogP contribution in [0.1, 0.15) is 38.5 Å². The molecule has 2 unspecified atom stereocenters. The molecule has 3 rings (SSSR count). The van der Waals surface area contributed by atoms with Gasteiger partial charge in [-0.15, -0.1) is 0 Å². The van der Waals surface area contributed by atoms with Crippen molar-refractivity contribution in [2.24, 2.45) is 17.6 Å². The van der Waals surface area contributed by atoms with Gasteiger partial charge in [0.1, 0.15) is 0 Å². The van der Waals surface area contributed by atoms with Crippen LogP contribution in [0.4, 0.5) is 0 Å². The van der Waals surface area contributed by atoms with Gasteiger partial charge in [-0.3, -0.25) is 0 Å². The van der Waals surface area contributed by atoms with E-state index in [0.717, 1.165) is 11.8 Å². The molecule has 3 saturated carbocycles. The molecule has 0 amide bonds. The van der Waals surface area contributed by atoms with E-state index >= 15 is 0 Å². The van der Waals surface area contributed by atoms with E-state index in [9.17, 15) is 0 Å². The first kappa shape index (κ1) is 7.14. The van der Waals surface area contributed by atoms with Crippen molar-refractivity contribution in [3.8, 4) is 0 Å². The molecule has 1 nitrogen and oxygen atoms in total. The first-order chi connectivity index (χ1) is 5.83. The van der Waals surface area contributed by atoms with Crippen LogP contribution >= 0.6 is 0 Å². The van der Waals surface area contributed by atoms with Crippen molar-refractivity contribution in [2.75, 3.05) is 0 Å². The largest absolute Gasteiger partial charge is 0.327 e. The summed E-state index contributed by atoms with van der Waals surface area (Å²) in [5.74, 6) is 2.06. The van der Waals surface area contributed by atoms with Crippen LogP contribution in [-0.2, 0) is 0 Å². The Balaban J connectivity index is 1.82. The predicted octanol–water partition coefficient (Wildman–Crippen LogP) is 2.22. The van der Waals surface area contributed by atoms with Crippen molar-refractivity contribution in [1.29, 1.82) is 0 Å². The summed E-state index contributed by atoms with van der Waals surface area (Å²) < 4.78 is 0. The zero-order valence-electron chi connectivity index (χ0n) is 7.55. The number of allylic oxidation sites excluding steroid dienone is 1. The van der Waals surface area contributed by atoms with E-state index < -0.39 is 0 Å². The van der Waals surface area contributed by atoms with Gasteiger partial charge in [-0.25, -0.2) is 0 Å². The number of nitrogens with two attached hydrogens (primary N) is 1. The van der Waals surface area contributed by atoms with Crippen molar-refractivity contribution in [3.63, 3.8) is 0 Å². The smallest absolute Gasteiger partial charge is 0.0114 e. The minimum Gasteiger partial charge on any atom is -0.327 e. The Morgan fingerprint density at radius 2 is 1.92 bits per heavy atom. The van der Waals surface area contributed by atoms with Gasteiger partial charge in [0.2, 0.25) is 0 Å². The van der Waals surface area contributed by atoms with Crippen LogP contribution in [0.5, 0.6) is 0 Å². The molecule has 66 valence electrons. The average Bonchev–Trinajstić information content (AvgIpc) is 2.58. The predicted molar refractivity (Wildman–Crippen MR) is 49.7 cm³/mol. The normalized spacial score (nSPS) is 45.2. The summed E-state index contributed by atoms with van der Waals surface area (Å²) in [4.78, 5) is 0. The van der Waals surface area contributed by atoms with Crippen LogP contribution in [-0.4, -0.2) is 6.04 Å². The molecule has 3 aliphatic rings. The molecule has 0 saturated heterocycles. The van der Waals surface area contributed by atoms with E-state index in [1.165, 1.54) is 38.5 Å². The number of fused-ring (bicyclic) bond motifs is 2. The first-order valence-corrected chi connectivity index (χ1v) is 5.29. The van der Waals surface area contributed by atoms with Crippen molar-refractivity contribution in [1.82, 2.24) is 0 Å². The SMILES string of the molecule is NC1CC(=C2CC3CCC2C3)C1. The van der Waals surface area contributed by atoms with Gasteiger partial charge in [0.25, 0.3) is 0 Å². The highest BCUT2D eigenvalue weighted by atomic mass is 14.7. The highest BCUT2D eigenvalue weighted by molar-refractivity contribution is 5.29. The maximum absolute atomic E-state index is 5.80. The lowest BCUT2D eigenvalue weighted by molar-refractivity contribution is 0.496. The standard InChI is InChI=1S/C11H17N/c12-10-5-9(6-10)11-4-7-1-2-8(11)3-7/h7-8,10H,1-6,12H2. The topological polar surface area (TPSA) is 26.0 Å². The summed E-state index contributed by atoms with van der Waals surface area (Å²) in [6, 6.07) is 0.506. The summed E-state index contributed by atoms with van der Waals surface area (Å²) in [7, 11) is 0. The highest BCUT2D eigenvalue weighted by Crippen LogP contribution is 2.51. The third kappa shape index (κ3) is 0.891.